The van der Waals surface area contributed by atoms with Crippen molar-refractivity contribution in [1.82, 2.24) is 14.5 Å². The van der Waals surface area contributed by atoms with Crippen LogP contribution in [0.25, 0.3) is 10.2 Å². The van der Waals surface area contributed by atoms with Crippen molar-refractivity contribution in [2.24, 2.45) is 0 Å². The molecule has 7 nitrogen and oxygen atoms in total. The highest BCUT2D eigenvalue weighted by molar-refractivity contribution is 7.20. The van der Waals surface area contributed by atoms with Crippen molar-refractivity contribution in [3.8, 4) is 0 Å². The van der Waals surface area contributed by atoms with E-state index in [9.17, 15) is 14.4 Å². The number of carbonyl (C=O) groups is 2. The summed E-state index contributed by atoms with van der Waals surface area (Å²) >= 11 is 1.17. The van der Waals surface area contributed by atoms with Gasteiger partial charge in [-0.05, 0) is 43.4 Å². The third-order valence-electron chi connectivity index (χ3n) is 6.17. The third-order valence-corrected chi connectivity index (χ3v) is 7.34. The molecule has 0 fully saturated rings. The maximum absolute atomic E-state index is 12.9. The first-order valence-corrected chi connectivity index (χ1v) is 11.3. The summed E-state index contributed by atoms with van der Waals surface area (Å²) < 4.78 is 7.23. The highest BCUT2D eigenvalue weighted by Gasteiger charge is 2.29. The maximum atomic E-state index is 12.9. The van der Waals surface area contributed by atoms with Gasteiger partial charge in [0.25, 0.3) is 11.5 Å². The predicted octanol–water partition coefficient (Wildman–Crippen LogP) is 2.84. The Labute approximate surface area is 183 Å². The molecule has 0 saturated heterocycles. The lowest BCUT2D eigenvalue weighted by Crippen LogP contribution is -2.42. The average molecular weight is 438 g/mol. The number of carbonyl (C=O) groups excluding carboxylic acids is 2. The number of aromatic nitrogens is 2. The van der Waals surface area contributed by atoms with Gasteiger partial charge in [-0.2, -0.15) is 0 Å². The lowest BCUT2D eigenvalue weighted by Gasteiger charge is -2.30. The zero-order valence-corrected chi connectivity index (χ0v) is 18.3. The van der Waals surface area contributed by atoms with Crippen LogP contribution in [0.4, 0.5) is 0 Å². The number of ether oxygens (including phenoxy) is 1. The Hall–Kier alpha value is -3.00. The number of rotatable bonds is 3. The first-order chi connectivity index (χ1) is 14.9. The molecule has 2 aliphatic rings. The molecule has 31 heavy (non-hydrogen) atoms. The molecule has 4 heterocycles. The minimum atomic E-state index is -0.901. The fourth-order valence-electron chi connectivity index (χ4n) is 4.48. The van der Waals surface area contributed by atoms with Gasteiger partial charge in [-0.25, -0.2) is 9.78 Å². The molecule has 8 heteroatoms. The number of esters is 1. The van der Waals surface area contributed by atoms with Gasteiger partial charge in [0, 0.05) is 26.1 Å². The summed E-state index contributed by atoms with van der Waals surface area (Å²) in [7, 11) is 0. The number of thiophene rings is 1. The summed E-state index contributed by atoms with van der Waals surface area (Å²) in [5.74, 6) is -0.0188. The molecule has 160 valence electrons. The van der Waals surface area contributed by atoms with E-state index >= 15 is 0 Å². The van der Waals surface area contributed by atoms with Crippen molar-refractivity contribution in [2.75, 3.05) is 6.54 Å². The quantitative estimate of drug-likeness (QED) is 0.589. The molecule has 5 rings (SSSR count). The summed E-state index contributed by atoms with van der Waals surface area (Å²) in [6.45, 7) is 5.13. The van der Waals surface area contributed by atoms with Gasteiger partial charge in [0.2, 0.25) is 0 Å². The minimum absolute atomic E-state index is 0.0959. The van der Waals surface area contributed by atoms with Crippen LogP contribution in [0.3, 0.4) is 0 Å². The van der Waals surface area contributed by atoms with Gasteiger partial charge in [0.05, 0.1) is 5.39 Å². The second-order valence-electron chi connectivity index (χ2n) is 8.15. The van der Waals surface area contributed by atoms with Gasteiger partial charge in [-0.15, -0.1) is 11.3 Å². The van der Waals surface area contributed by atoms with E-state index in [4.69, 9.17) is 4.74 Å². The van der Waals surface area contributed by atoms with Crippen LogP contribution in [0.1, 0.15) is 45.5 Å². The van der Waals surface area contributed by atoms with E-state index in [0.29, 0.717) is 40.3 Å². The normalized spacial score (nSPS) is 16.1. The first kappa shape index (κ1) is 19.9. The summed E-state index contributed by atoms with van der Waals surface area (Å²) in [5.41, 5.74) is 2.86. The Kier molecular flexibility index (Phi) is 4.89. The lowest BCUT2D eigenvalue weighted by molar-refractivity contribution is -0.140. The van der Waals surface area contributed by atoms with Crippen LogP contribution in [-0.2, 0) is 35.5 Å². The van der Waals surface area contributed by atoms with Gasteiger partial charge in [-0.3, -0.25) is 14.2 Å². The van der Waals surface area contributed by atoms with Crippen molar-refractivity contribution in [2.45, 2.75) is 52.3 Å². The number of benzene rings is 1. The van der Waals surface area contributed by atoms with Crippen molar-refractivity contribution in [1.29, 1.82) is 0 Å². The van der Waals surface area contributed by atoms with E-state index in [2.05, 4.69) is 11.1 Å². The number of hydrogen-bond donors (Lipinski definition) is 0. The number of nitrogens with zero attached hydrogens (tertiary/aromatic N) is 3. The molecule has 0 aliphatic carbocycles. The van der Waals surface area contributed by atoms with E-state index in [0.717, 1.165) is 30.7 Å². The molecule has 0 saturated carbocycles. The Balaban J connectivity index is 1.35. The summed E-state index contributed by atoms with van der Waals surface area (Å²) in [4.78, 5) is 45.8. The second kappa shape index (κ2) is 7.60. The van der Waals surface area contributed by atoms with Crippen molar-refractivity contribution < 1.29 is 14.3 Å². The first-order valence-electron chi connectivity index (χ1n) is 10.5. The fraction of sp³-hybridized carbons (Fsp3) is 0.391. The summed E-state index contributed by atoms with van der Waals surface area (Å²) in [6.07, 6.45) is 1.57. The van der Waals surface area contributed by atoms with Gasteiger partial charge >= 0.3 is 5.97 Å². The van der Waals surface area contributed by atoms with Crippen LogP contribution in [0.15, 0.2) is 29.1 Å². The van der Waals surface area contributed by atoms with Gasteiger partial charge in [-0.1, -0.05) is 24.3 Å². The van der Waals surface area contributed by atoms with Crippen LogP contribution in [0.2, 0.25) is 0 Å². The zero-order valence-electron chi connectivity index (χ0n) is 17.5. The minimum Gasteiger partial charge on any atom is -0.448 e. The maximum Gasteiger partial charge on any atom is 0.349 e. The second-order valence-corrected chi connectivity index (χ2v) is 9.15. The fourth-order valence-corrected chi connectivity index (χ4v) is 5.55. The largest absolute Gasteiger partial charge is 0.448 e. The number of hydrogen-bond acceptors (Lipinski definition) is 6. The molecule has 2 aliphatic heterocycles. The van der Waals surface area contributed by atoms with Crippen molar-refractivity contribution in [3.05, 3.63) is 62.0 Å². The Morgan fingerprint density at radius 1 is 1.16 bits per heavy atom. The van der Waals surface area contributed by atoms with Crippen molar-refractivity contribution >= 4 is 33.4 Å². The van der Waals surface area contributed by atoms with Crippen LogP contribution in [-0.4, -0.2) is 39.0 Å². The SMILES string of the molecule is Cc1c(C(=O)O[C@H](C)C(=O)N2CCc3ccccc3C2)sc2nc3n(c(=O)c12)CCC3. The smallest absolute Gasteiger partial charge is 0.349 e. The lowest BCUT2D eigenvalue weighted by atomic mass is 9.99. The van der Waals surface area contributed by atoms with Gasteiger partial charge < -0.3 is 9.64 Å². The number of amides is 1. The molecule has 2 aromatic heterocycles. The van der Waals surface area contributed by atoms with Crippen LogP contribution >= 0.6 is 11.3 Å². The van der Waals surface area contributed by atoms with Crippen molar-refractivity contribution in [3.63, 3.8) is 0 Å². The number of aryl methyl sites for hydroxylation is 2. The molecule has 1 aromatic carbocycles. The van der Waals surface area contributed by atoms with Crippen LogP contribution < -0.4 is 5.56 Å². The summed E-state index contributed by atoms with van der Waals surface area (Å²) in [6, 6.07) is 8.07. The van der Waals surface area contributed by atoms with E-state index in [1.54, 1.807) is 23.3 Å². The average Bonchev–Trinajstić information content (AvgIpc) is 3.37. The molecule has 1 atom stereocenters. The molecule has 0 spiro atoms. The molecule has 0 bridgehead atoms. The molecule has 0 N–H and O–H groups in total. The van der Waals surface area contributed by atoms with Gasteiger partial charge in [0.15, 0.2) is 6.10 Å². The Morgan fingerprint density at radius 3 is 2.74 bits per heavy atom. The van der Waals surface area contributed by atoms with E-state index < -0.39 is 12.1 Å². The summed E-state index contributed by atoms with van der Waals surface area (Å²) in [5, 5.41) is 0.481. The van der Waals surface area contributed by atoms with E-state index in [1.807, 2.05) is 18.2 Å². The van der Waals surface area contributed by atoms with Gasteiger partial charge in [0.1, 0.15) is 15.5 Å². The topological polar surface area (TPSA) is 81.5 Å². The molecule has 1 amide bonds. The van der Waals surface area contributed by atoms with Crippen LogP contribution in [0, 0.1) is 6.92 Å². The molecule has 3 aromatic rings. The highest BCUT2D eigenvalue weighted by Crippen LogP contribution is 2.29. The van der Waals surface area contributed by atoms with E-state index in [1.165, 1.54) is 16.9 Å². The molecule has 0 radical (unpaired) electrons. The molecule has 0 unspecified atom stereocenters. The highest BCUT2D eigenvalue weighted by atomic mass is 32.1. The van der Waals surface area contributed by atoms with E-state index in [-0.39, 0.29) is 11.5 Å². The zero-order chi connectivity index (χ0) is 21.7. The predicted molar refractivity (Wildman–Crippen MR) is 117 cm³/mol. The Morgan fingerprint density at radius 2 is 1.94 bits per heavy atom. The van der Waals surface area contributed by atoms with Crippen LogP contribution in [0.5, 0.6) is 0 Å². The number of fused-ring (bicyclic) bond motifs is 3. The third kappa shape index (κ3) is 3.35. The standard InChI is InChI=1S/C23H23N3O4S/c1-13-18-20(24-17-8-5-10-26(17)22(18)28)31-19(13)23(29)30-14(2)21(27)25-11-9-15-6-3-4-7-16(15)12-25/h3-4,6-7,14H,5,8-12H2,1-2H3/t14-/m1/s1. The molecular weight excluding hydrogens is 414 g/mol. The molecular formula is C23H23N3O4S. The monoisotopic (exact) mass is 437 g/mol. The Bertz CT molecular complexity index is 1280.